The molecule has 0 aliphatic carbocycles. The van der Waals surface area contributed by atoms with Crippen molar-refractivity contribution in [2.45, 2.75) is 19.9 Å². The lowest BCUT2D eigenvalue weighted by atomic mass is 9.94. The smallest absolute Gasteiger partial charge is 0.338 e. The van der Waals surface area contributed by atoms with Gasteiger partial charge in [-0.2, -0.15) is 0 Å². The van der Waals surface area contributed by atoms with Gasteiger partial charge in [0.2, 0.25) is 0 Å². The second-order valence-electron chi connectivity index (χ2n) is 5.33. The van der Waals surface area contributed by atoms with Crippen LogP contribution in [0.25, 0.3) is 0 Å². The molecule has 0 radical (unpaired) electrons. The van der Waals surface area contributed by atoms with E-state index in [1.165, 1.54) is 0 Å². The van der Waals surface area contributed by atoms with Gasteiger partial charge in [0, 0.05) is 12.3 Å². The van der Waals surface area contributed by atoms with Gasteiger partial charge in [0.1, 0.15) is 5.75 Å². The number of aliphatic imine (C=N–C) groups is 1. The molecular weight excluding hydrogens is 392 g/mol. The topological polar surface area (TPSA) is 51.1 Å². The predicted octanol–water partition coefficient (Wildman–Crippen LogP) is 3.57. The third kappa shape index (κ3) is 3.47. The first-order valence-electron chi connectivity index (χ1n) is 7.65. The van der Waals surface area contributed by atoms with E-state index in [1.807, 2.05) is 38.1 Å². The predicted molar refractivity (Wildman–Crippen MR) is 102 cm³/mol. The lowest BCUT2D eigenvalue weighted by Gasteiger charge is -2.34. The van der Waals surface area contributed by atoms with Crippen molar-refractivity contribution in [1.29, 1.82) is 0 Å². The summed E-state index contributed by atoms with van der Waals surface area (Å²) in [6.07, 6.45) is 0. The number of hydrogen-bond donors (Lipinski definition) is 0. The Morgan fingerprint density at radius 2 is 2.08 bits per heavy atom. The number of ether oxygens (including phenoxy) is 2. The van der Waals surface area contributed by atoms with Gasteiger partial charge in [0.25, 0.3) is 0 Å². The zero-order valence-corrected chi connectivity index (χ0v) is 16.5. The average Bonchev–Trinajstić information content (AvgIpc) is 3.01. The van der Waals surface area contributed by atoms with Gasteiger partial charge in [-0.25, -0.2) is 9.79 Å². The fourth-order valence-corrected chi connectivity index (χ4v) is 3.94. The molecule has 0 bridgehead atoms. The molecule has 1 fully saturated rings. The van der Waals surface area contributed by atoms with Crippen molar-refractivity contribution in [2.75, 3.05) is 26.0 Å². The molecule has 1 aromatic rings. The van der Waals surface area contributed by atoms with Crippen LogP contribution in [0, 0.1) is 0 Å². The maximum absolute atomic E-state index is 12.5. The minimum atomic E-state index is -0.287. The van der Waals surface area contributed by atoms with Crippen molar-refractivity contribution in [3.05, 3.63) is 41.1 Å². The molecule has 24 heavy (non-hydrogen) atoms. The normalized spacial score (nSPS) is 19.4. The molecule has 0 spiro atoms. The highest BCUT2D eigenvalue weighted by molar-refractivity contribution is 8.93. The van der Waals surface area contributed by atoms with Crippen LogP contribution >= 0.6 is 28.7 Å². The Morgan fingerprint density at radius 3 is 2.71 bits per heavy atom. The second-order valence-corrected chi connectivity index (χ2v) is 6.39. The second kappa shape index (κ2) is 8.07. The lowest BCUT2D eigenvalue weighted by Crippen LogP contribution is -2.36. The molecule has 0 aromatic heterocycles. The summed E-state index contributed by atoms with van der Waals surface area (Å²) in [4.78, 5) is 19.3. The zero-order valence-electron chi connectivity index (χ0n) is 13.9. The van der Waals surface area contributed by atoms with E-state index in [2.05, 4.69) is 9.89 Å². The van der Waals surface area contributed by atoms with Crippen molar-refractivity contribution in [3.63, 3.8) is 0 Å². The SMILES string of the molecule is Br.CCOC(=O)C1=C(C)N=C2SCCN2C1c1ccc(OC)cc1. The largest absolute Gasteiger partial charge is 0.497 e. The van der Waals surface area contributed by atoms with E-state index in [9.17, 15) is 4.79 Å². The molecule has 1 aromatic carbocycles. The van der Waals surface area contributed by atoms with Crippen molar-refractivity contribution in [3.8, 4) is 5.75 Å². The standard InChI is InChI=1S/C17H20N2O3S.BrH/c1-4-22-16(20)14-11(2)18-17-19(9-10-23-17)15(14)12-5-7-13(21-3)8-6-12;/h5-8,15H,4,9-10H2,1-3H3;1H. The van der Waals surface area contributed by atoms with E-state index in [0.717, 1.165) is 34.5 Å². The van der Waals surface area contributed by atoms with E-state index < -0.39 is 0 Å². The number of carbonyl (C=O) groups is 1. The Kier molecular flexibility index (Phi) is 6.34. The van der Waals surface area contributed by atoms with Crippen molar-refractivity contribution in [1.82, 2.24) is 4.90 Å². The quantitative estimate of drug-likeness (QED) is 0.707. The Hall–Kier alpha value is -1.47. The molecule has 0 amide bonds. The van der Waals surface area contributed by atoms with E-state index in [4.69, 9.17) is 9.47 Å². The molecule has 2 aliphatic heterocycles. The molecule has 7 heteroatoms. The van der Waals surface area contributed by atoms with Crippen LogP contribution in [0.15, 0.2) is 40.5 Å². The highest BCUT2D eigenvalue weighted by atomic mass is 79.9. The number of hydrogen-bond acceptors (Lipinski definition) is 6. The number of fused-ring (bicyclic) bond motifs is 1. The first-order valence-corrected chi connectivity index (χ1v) is 8.64. The molecule has 0 N–H and O–H groups in total. The van der Waals surface area contributed by atoms with Crippen molar-refractivity contribution >= 4 is 39.9 Å². The highest BCUT2D eigenvalue weighted by Crippen LogP contribution is 2.40. The van der Waals surface area contributed by atoms with Gasteiger partial charge < -0.3 is 14.4 Å². The van der Waals surface area contributed by atoms with Gasteiger partial charge in [0.05, 0.1) is 31.0 Å². The Balaban J connectivity index is 0.00000208. The highest BCUT2D eigenvalue weighted by Gasteiger charge is 2.38. The zero-order chi connectivity index (χ0) is 16.4. The molecule has 2 aliphatic rings. The Morgan fingerprint density at radius 1 is 1.38 bits per heavy atom. The number of halogens is 1. The molecule has 1 saturated heterocycles. The summed E-state index contributed by atoms with van der Waals surface area (Å²) in [5.74, 6) is 1.49. The molecule has 2 heterocycles. The monoisotopic (exact) mass is 412 g/mol. The van der Waals surface area contributed by atoms with Crippen LogP contribution in [0.1, 0.15) is 25.5 Å². The van der Waals surface area contributed by atoms with Crippen LogP contribution < -0.4 is 4.74 Å². The summed E-state index contributed by atoms with van der Waals surface area (Å²) in [6, 6.07) is 7.69. The molecule has 3 rings (SSSR count). The van der Waals surface area contributed by atoms with E-state index in [-0.39, 0.29) is 29.0 Å². The van der Waals surface area contributed by atoms with Gasteiger partial charge >= 0.3 is 5.97 Å². The van der Waals surface area contributed by atoms with E-state index >= 15 is 0 Å². The van der Waals surface area contributed by atoms with E-state index in [1.54, 1.807) is 18.9 Å². The van der Waals surface area contributed by atoms with Gasteiger partial charge in [-0.3, -0.25) is 0 Å². The lowest BCUT2D eigenvalue weighted by molar-refractivity contribution is -0.139. The number of thioether (sulfide) groups is 1. The van der Waals surface area contributed by atoms with Gasteiger partial charge in [-0.15, -0.1) is 17.0 Å². The van der Waals surface area contributed by atoms with Crippen LogP contribution in [0.2, 0.25) is 0 Å². The molecule has 0 saturated carbocycles. The van der Waals surface area contributed by atoms with E-state index in [0.29, 0.717) is 12.2 Å². The summed E-state index contributed by atoms with van der Waals surface area (Å²) in [6.45, 7) is 4.93. The summed E-state index contributed by atoms with van der Waals surface area (Å²) < 4.78 is 10.5. The number of carbonyl (C=O) groups excluding carboxylic acids is 1. The summed E-state index contributed by atoms with van der Waals surface area (Å²) in [5.41, 5.74) is 2.41. The summed E-state index contributed by atoms with van der Waals surface area (Å²) in [5, 5.41) is 0.983. The number of nitrogens with zero attached hydrogens (tertiary/aromatic N) is 2. The molecule has 130 valence electrons. The number of allylic oxidation sites excluding steroid dienone is 1. The number of benzene rings is 1. The maximum Gasteiger partial charge on any atom is 0.338 e. The first-order chi connectivity index (χ1) is 11.2. The molecular formula is C17H21BrN2O3S. The number of methoxy groups -OCH3 is 1. The van der Waals surface area contributed by atoms with Crippen LogP contribution in [0.4, 0.5) is 0 Å². The first kappa shape index (κ1) is 18.9. The van der Waals surface area contributed by atoms with Crippen molar-refractivity contribution < 1.29 is 14.3 Å². The number of rotatable bonds is 4. The fraction of sp³-hybridized carbons (Fsp3) is 0.412. The van der Waals surface area contributed by atoms with Crippen LogP contribution in [-0.2, 0) is 9.53 Å². The Labute approximate surface area is 156 Å². The minimum absolute atomic E-state index is 0. The third-order valence-corrected chi connectivity index (χ3v) is 4.94. The fourth-order valence-electron chi connectivity index (χ4n) is 2.91. The van der Waals surface area contributed by atoms with Crippen LogP contribution in [-0.4, -0.2) is 42.1 Å². The average molecular weight is 413 g/mol. The van der Waals surface area contributed by atoms with Gasteiger partial charge in [0.15, 0.2) is 5.17 Å². The summed E-state index contributed by atoms with van der Waals surface area (Å²) >= 11 is 1.73. The summed E-state index contributed by atoms with van der Waals surface area (Å²) in [7, 11) is 1.64. The number of esters is 1. The molecule has 5 nitrogen and oxygen atoms in total. The maximum atomic E-state index is 12.5. The molecule has 1 atom stereocenters. The van der Waals surface area contributed by atoms with Gasteiger partial charge in [-0.1, -0.05) is 23.9 Å². The third-order valence-electron chi connectivity index (χ3n) is 3.97. The molecule has 1 unspecified atom stereocenters. The Bertz CT molecular complexity index is 673. The number of amidine groups is 1. The van der Waals surface area contributed by atoms with Gasteiger partial charge in [-0.05, 0) is 31.5 Å². The van der Waals surface area contributed by atoms with Crippen LogP contribution in [0.5, 0.6) is 5.75 Å². The van der Waals surface area contributed by atoms with Crippen molar-refractivity contribution in [2.24, 2.45) is 4.99 Å². The van der Waals surface area contributed by atoms with Crippen LogP contribution in [0.3, 0.4) is 0 Å². The minimum Gasteiger partial charge on any atom is -0.497 e.